The van der Waals surface area contributed by atoms with Crippen LogP contribution in [-0.2, 0) is 0 Å². The van der Waals surface area contributed by atoms with E-state index in [-0.39, 0.29) is 0 Å². The fourth-order valence-corrected chi connectivity index (χ4v) is 3.13. The second kappa shape index (κ2) is 3.49. The van der Waals surface area contributed by atoms with Crippen molar-refractivity contribution in [3.63, 3.8) is 0 Å². The first kappa shape index (κ1) is 8.74. The zero-order valence-electron chi connectivity index (χ0n) is 6.14. The fraction of sp³-hybridized carbons (Fsp3) is 0. The van der Waals surface area contributed by atoms with Crippen molar-refractivity contribution in [2.75, 3.05) is 0 Å². The van der Waals surface area contributed by atoms with E-state index in [0.29, 0.717) is 0 Å². The minimum Gasteiger partial charge on any atom is -0.0616 e. The standard InChI is InChI=1S/C10H5I2/c11-8-5-7-3-1-2-4-9(7)10(12)6-8/h1-4,6H. The van der Waals surface area contributed by atoms with Crippen LogP contribution < -0.4 is 0 Å². The van der Waals surface area contributed by atoms with E-state index >= 15 is 0 Å². The van der Waals surface area contributed by atoms with Gasteiger partial charge in [0.2, 0.25) is 0 Å². The monoisotopic (exact) mass is 379 g/mol. The van der Waals surface area contributed by atoms with Crippen LogP contribution in [0.5, 0.6) is 0 Å². The third-order valence-corrected chi connectivity index (χ3v) is 3.17. The zero-order chi connectivity index (χ0) is 8.55. The van der Waals surface area contributed by atoms with Crippen molar-refractivity contribution < 1.29 is 0 Å². The van der Waals surface area contributed by atoms with Crippen molar-refractivity contribution in [1.29, 1.82) is 0 Å². The SMILES string of the molecule is Ic1[c]c2ccccc2c(I)c1. The van der Waals surface area contributed by atoms with Crippen LogP contribution in [0.1, 0.15) is 0 Å². The number of hydrogen-bond acceptors (Lipinski definition) is 0. The summed E-state index contributed by atoms with van der Waals surface area (Å²) in [5.41, 5.74) is 0. The Morgan fingerprint density at radius 2 is 1.83 bits per heavy atom. The molecule has 12 heavy (non-hydrogen) atoms. The van der Waals surface area contributed by atoms with Gasteiger partial charge in [-0.15, -0.1) is 0 Å². The van der Waals surface area contributed by atoms with E-state index in [1.54, 1.807) is 0 Å². The van der Waals surface area contributed by atoms with E-state index in [1.807, 2.05) is 6.07 Å². The molecule has 0 aliphatic carbocycles. The van der Waals surface area contributed by atoms with Gasteiger partial charge in [-0.2, -0.15) is 0 Å². The van der Waals surface area contributed by atoms with Gasteiger partial charge in [-0.25, -0.2) is 0 Å². The lowest BCUT2D eigenvalue weighted by Crippen LogP contribution is -1.80. The quantitative estimate of drug-likeness (QED) is 0.611. The fourth-order valence-electron chi connectivity index (χ4n) is 1.15. The van der Waals surface area contributed by atoms with Crippen LogP contribution in [0, 0.1) is 13.2 Å². The highest BCUT2D eigenvalue weighted by atomic mass is 127. The Hall–Kier alpha value is 0.160. The lowest BCUT2D eigenvalue weighted by molar-refractivity contribution is 1.64. The predicted octanol–water partition coefficient (Wildman–Crippen LogP) is 3.85. The highest BCUT2D eigenvalue weighted by molar-refractivity contribution is 14.1. The number of halogens is 2. The average Bonchev–Trinajstić information content (AvgIpc) is 2.04. The zero-order valence-corrected chi connectivity index (χ0v) is 10.5. The highest BCUT2D eigenvalue weighted by Gasteiger charge is 1.98. The Kier molecular flexibility index (Phi) is 2.55. The maximum atomic E-state index is 3.31. The van der Waals surface area contributed by atoms with Gasteiger partial charge in [0.15, 0.2) is 0 Å². The van der Waals surface area contributed by atoms with Crippen LogP contribution in [0.25, 0.3) is 10.8 Å². The number of fused-ring (bicyclic) bond motifs is 1. The first-order valence-corrected chi connectivity index (χ1v) is 5.69. The molecule has 0 N–H and O–H groups in total. The van der Waals surface area contributed by atoms with Crippen LogP contribution in [0.3, 0.4) is 0 Å². The van der Waals surface area contributed by atoms with Gasteiger partial charge < -0.3 is 0 Å². The van der Waals surface area contributed by atoms with Crippen molar-refractivity contribution in [1.82, 2.24) is 0 Å². The summed E-state index contributed by atoms with van der Waals surface area (Å²) in [6, 6.07) is 13.8. The van der Waals surface area contributed by atoms with Crippen LogP contribution in [0.4, 0.5) is 0 Å². The Balaban J connectivity index is 2.89. The smallest absolute Gasteiger partial charge is 0.0226 e. The van der Waals surface area contributed by atoms with Gasteiger partial charge in [0.05, 0.1) is 0 Å². The summed E-state index contributed by atoms with van der Waals surface area (Å²) in [7, 11) is 0. The first-order valence-electron chi connectivity index (χ1n) is 3.53. The summed E-state index contributed by atoms with van der Waals surface area (Å²) in [4.78, 5) is 0. The molecule has 0 unspecified atom stereocenters. The van der Waals surface area contributed by atoms with Crippen LogP contribution in [-0.4, -0.2) is 0 Å². The lowest BCUT2D eigenvalue weighted by Gasteiger charge is -1.99. The molecule has 1 radical (unpaired) electrons. The molecule has 0 aliphatic heterocycles. The number of rotatable bonds is 0. The van der Waals surface area contributed by atoms with Crippen LogP contribution in [0.2, 0.25) is 0 Å². The molecule has 0 bridgehead atoms. The first-order chi connectivity index (χ1) is 5.77. The van der Waals surface area contributed by atoms with Gasteiger partial charge >= 0.3 is 0 Å². The molecule has 2 rings (SSSR count). The van der Waals surface area contributed by atoms with Crippen LogP contribution in [0.15, 0.2) is 30.3 Å². The summed E-state index contributed by atoms with van der Waals surface area (Å²) >= 11 is 4.65. The van der Waals surface area contributed by atoms with Gasteiger partial charge in [0, 0.05) is 13.2 Å². The molecule has 59 valence electrons. The minimum absolute atomic E-state index is 1.18. The van der Waals surface area contributed by atoms with E-state index in [2.05, 4.69) is 75.5 Å². The molecule has 2 aromatic carbocycles. The molecule has 0 saturated carbocycles. The largest absolute Gasteiger partial charge is 0.0616 e. The van der Waals surface area contributed by atoms with Crippen molar-refractivity contribution in [3.8, 4) is 0 Å². The van der Waals surface area contributed by atoms with Gasteiger partial charge in [-0.05, 0) is 62.0 Å². The Labute approximate surface area is 98.6 Å². The molecule has 2 aromatic rings. The van der Waals surface area contributed by atoms with Crippen molar-refractivity contribution >= 4 is 56.0 Å². The molecule has 0 atom stereocenters. The minimum atomic E-state index is 1.18. The highest BCUT2D eigenvalue weighted by Crippen LogP contribution is 2.22. The molecule has 0 amide bonds. The van der Waals surface area contributed by atoms with Crippen molar-refractivity contribution in [2.24, 2.45) is 0 Å². The Morgan fingerprint density at radius 1 is 1.08 bits per heavy atom. The van der Waals surface area contributed by atoms with E-state index in [9.17, 15) is 0 Å². The summed E-state index contributed by atoms with van der Waals surface area (Å²) in [6.45, 7) is 0. The lowest BCUT2D eigenvalue weighted by atomic mass is 10.1. The molecular weight excluding hydrogens is 374 g/mol. The average molecular weight is 379 g/mol. The van der Waals surface area contributed by atoms with Crippen molar-refractivity contribution in [3.05, 3.63) is 43.5 Å². The van der Waals surface area contributed by atoms with Gasteiger partial charge in [0.25, 0.3) is 0 Å². The molecular formula is C10H5I2. The second-order valence-corrected chi connectivity index (χ2v) is 4.84. The van der Waals surface area contributed by atoms with Crippen molar-refractivity contribution in [2.45, 2.75) is 0 Å². The predicted molar refractivity (Wildman–Crippen MR) is 68.2 cm³/mol. The molecule has 0 fully saturated rings. The molecule has 0 aromatic heterocycles. The van der Waals surface area contributed by atoms with E-state index < -0.39 is 0 Å². The normalized spacial score (nSPS) is 10.5. The van der Waals surface area contributed by atoms with E-state index in [4.69, 9.17) is 0 Å². The second-order valence-electron chi connectivity index (χ2n) is 2.51. The molecule has 2 heteroatoms. The molecule has 0 aliphatic rings. The molecule has 0 saturated heterocycles. The van der Waals surface area contributed by atoms with Gasteiger partial charge in [0.1, 0.15) is 0 Å². The van der Waals surface area contributed by atoms with Crippen LogP contribution >= 0.6 is 45.2 Å². The third kappa shape index (κ3) is 1.59. The van der Waals surface area contributed by atoms with Gasteiger partial charge in [-0.3, -0.25) is 0 Å². The summed E-state index contributed by atoms with van der Waals surface area (Å²) in [5, 5.41) is 2.49. The maximum absolute atomic E-state index is 3.31. The van der Waals surface area contributed by atoms with E-state index in [0.717, 1.165) is 0 Å². The number of hydrogen-bond donors (Lipinski definition) is 0. The van der Waals surface area contributed by atoms with Gasteiger partial charge in [-0.1, -0.05) is 24.3 Å². The summed E-state index contributed by atoms with van der Waals surface area (Å²) < 4.78 is 2.47. The third-order valence-electron chi connectivity index (χ3n) is 1.69. The molecule has 0 heterocycles. The Bertz CT molecular complexity index is 421. The topological polar surface area (TPSA) is 0 Å². The summed E-state index contributed by atoms with van der Waals surface area (Å²) in [6.07, 6.45) is 0. The molecule has 0 spiro atoms. The molecule has 0 nitrogen and oxygen atoms in total. The maximum Gasteiger partial charge on any atom is 0.0226 e. The summed E-state index contributed by atoms with van der Waals surface area (Å²) in [5.74, 6) is 0. The van der Waals surface area contributed by atoms with E-state index in [1.165, 1.54) is 17.9 Å². The Morgan fingerprint density at radius 3 is 2.67 bits per heavy atom. The number of benzene rings is 2.